The smallest absolute Gasteiger partial charge is 0.126 e. The molecule has 0 bridgehead atoms. The van der Waals surface area contributed by atoms with E-state index >= 15 is 0 Å². The van der Waals surface area contributed by atoms with E-state index in [9.17, 15) is 5.11 Å². The van der Waals surface area contributed by atoms with Crippen molar-refractivity contribution in [2.24, 2.45) is 0 Å². The minimum absolute atomic E-state index is 0.191. The van der Waals surface area contributed by atoms with Crippen LogP contribution in [0.2, 0.25) is 0 Å². The highest BCUT2D eigenvalue weighted by molar-refractivity contribution is 5.43. The molecule has 1 atom stereocenters. The number of hydrogen-bond acceptors (Lipinski definition) is 4. The molecule has 3 rings (SSSR count). The van der Waals surface area contributed by atoms with Crippen LogP contribution in [0.3, 0.4) is 0 Å². The Hall–Kier alpha value is -1.26. The largest absolute Gasteiger partial charge is 0.494 e. The van der Waals surface area contributed by atoms with E-state index in [1.807, 2.05) is 18.2 Å². The number of hydrogen-bond donors (Lipinski definition) is 2. The average molecular weight is 277 g/mol. The Morgan fingerprint density at radius 1 is 1.40 bits per heavy atom. The van der Waals surface area contributed by atoms with E-state index in [0.717, 1.165) is 49.4 Å². The molecule has 0 amide bonds. The first-order valence-corrected chi connectivity index (χ1v) is 7.57. The van der Waals surface area contributed by atoms with E-state index in [2.05, 4.69) is 12.2 Å². The van der Waals surface area contributed by atoms with Gasteiger partial charge >= 0.3 is 0 Å². The van der Waals surface area contributed by atoms with Gasteiger partial charge < -0.3 is 19.9 Å². The monoisotopic (exact) mass is 277 g/mol. The SMILES string of the molecule is CCCOc1ccc2c(c1)C(O)CC1(CCNCC1)O2. The second-order valence-corrected chi connectivity index (χ2v) is 5.80. The summed E-state index contributed by atoms with van der Waals surface area (Å²) < 4.78 is 11.9. The standard InChI is InChI=1S/C16H23NO3/c1-2-9-19-12-3-4-15-13(10-12)14(18)11-16(20-15)5-7-17-8-6-16/h3-4,10,14,17-18H,2,5-9,11H2,1H3. The van der Waals surface area contributed by atoms with E-state index in [1.165, 1.54) is 0 Å². The van der Waals surface area contributed by atoms with E-state index in [1.54, 1.807) is 0 Å². The predicted molar refractivity (Wildman–Crippen MR) is 77.3 cm³/mol. The van der Waals surface area contributed by atoms with Gasteiger partial charge in [-0.2, -0.15) is 0 Å². The van der Waals surface area contributed by atoms with Crippen molar-refractivity contribution in [1.82, 2.24) is 5.32 Å². The third-order valence-corrected chi connectivity index (χ3v) is 4.22. The summed E-state index contributed by atoms with van der Waals surface area (Å²) in [5, 5.41) is 13.8. The Balaban J connectivity index is 1.82. The summed E-state index contributed by atoms with van der Waals surface area (Å²) in [5.41, 5.74) is 0.673. The van der Waals surface area contributed by atoms with Gasteiger partial charge in [-0.3, -0.25) is 0 Å². The van der Waals surface area contributed by atoms with Crippen LogP contribution in [0, 0.1) is 0 Å². The fraction of sp³-hybridized carbons (Fsp3) is 0.625. The normalized spacial score (nSPS) is 24.0. The quantitative estimate of drug-likeness (QED) is 0.891. The van der Waals surface area contributed by atoms with Crippen molar-refractivity contribution in [2.45, 2.75) is 44.3 Å². The van der Waals surface area contributed by atoms with E-state index in [-0.39, 0.29) is 5.60 Å². The molecule has 4 nitrogen and oxygen atoms in total. The summed E-state index contributed by atoms with van der Waals surface area (Å²) in [5.74, 6) is 1.63. The van der Waals surface area contributed by atoms with Crippen molar-refractivity contribution in [3.8, 4) is 11.5 Å². The van der Waals surface area contributed by atoms with E-state index in [4.69, 9.17) is 9.47 Å². The Morgan fingerprint density at radius 3 is 2.95 bits per heavy atom. The maximum absolute atomic E-state index is 10.5. The molecule has 1 spiro atoms. The summed E-state index contributed by atoms with van der Waals surface area (Å²) in [4.78, 5) is 0. The highest BCUT2D eigenvalue weighted by atomic mass is 16.5. The van der Waals surface area contributed by atoms with Gasteiger partial charge in [-0.25, -0.2) is 0 Å². The van der Waals surface area contributed by atoms with Gasteiger partial charge in [-0.05, 0) is 50.6 Å². The minimum Gasteiger partial charge on any atom is -0.494 e. The van der Waals surface area contributed by atoms with Crippen molar-refractivity contribution in [3.05, 3.63) is 23.8 Å². The number of aliphatic hydroxyl groups excluding tert-OH is 1. The second kappa shape index (κ2) is 5.62. The molecule has 1 aromatic carbocycles. The molecule has 2 aliphatic heterocycles. The topological polar surface area (TPSA) is 50.7 Å². The molecular formula is C16H23NO3. The maximum atomic E-state index is 10.5. The lowest BCUT2D eigenvalue weighted by Gasteiger charge is -2.43. The van der Waals surface area contributed by atoms with E-state index < -0.39 is 6.10 Å². The highest BCUT2D eigenvalue weighted by Gasteiger charge is 2.41. The molecule has 1 aromatic rings. The molecule has 1 unspecified atom stereocenters. The first-order valence-electron chi connectivity index (χ1n) is 7.57. The first kappa shape index (κ1) is 13.7. The fourth-order valence-electron chi connectivity index (χ4n) is 3.12. The molecule has 0 radical (unpaired) electrons. The van der Waals surface area contributed by atoms with Gasteiger partial charge in [-0.1, -0.05) is 6.92 Å². The number of nitrogens with one attached hydrogen (secondary N) is 1. The molecule has 20 heavy (non-hydrogen) atoms. The molecule has 2 aliphatic rings. The Kier molecular flexibility index (Phi) is 3.85. The van der Waals surface area contributed by atoms with Gasteiger partial charge in [0.2, 0.25) is 0 Å². The summed E-state index contributed by atoms with van der Waals surface area (Å²) in [6, 6.07) is 5.79. The van der Waals surface area contributed by atoms with Gasteiger partial charge in [-0.15, -0.1) is 0 Å². The number of fused-ring (bicyclic) bond motifs is 1. The number of piperidine rings is 1. The zero-order chi connectivity index (χ0) is 14.0. The molecule has 0 aromatic heterocycles. The molecular weight excluding hydrogens is 254 g/mol. The number of aliphatic hydroxyl groups is 1. The first-order chi connectivity index (χ1) is 9.72. The van der Waals surface area contributed by atoms with Gasteiger partial charge in [0, 0.05) is 12.0 Å². The van der Waals surface area contributed by atoms with Crippen molar-refractivity contribution >= 4 is 0 Å². The number of rotatable bonds is 3. The summed E-state index contributed by atoms with van der Waals surface area (Å²) >= 11 is 0. The van der Waals surface area contributed by atoms with Crippen LogP contribution in [0.5, 0.6) is 11.5 Å². The van der Waals surface area contributed by atoms with Crippen molar-refractivity contribution in [2.75, 3.05) is 19.7 Å². The maximum Gasteiger partial charge on any atom is 0.126 e. The lowest BCUT2D eigenvalue weighted by atomic mass is 9.82. The lowest BCUT2D eigenvalue weighted by Crippen LogP contribution is -2.49. The molecule has 2 N–H and O–H groups in total. The zero-order valence-corrected chi connectivity index (χ0v) is 12.0. The minimum atomic E-state index is -0.456. The molecule has 1 saturated heterocycles. The van der Waals surface area contributed by atoms with Crippen LogP contribution < -0.4 is 14.8 Å². The van der Waals surface area contributed by atoms with E-state index in [0.29, 0.717) is 13.0 Å². The molecule has 1 fully saturated rings. The van der Waals surface area contributed by atoms with Gasteiger partial charge in [0.15, 0.2) is 0 Å². The summed E-state index contributed by atoms with van der Waals surface area (Å²) in [7, 11) is 0. The third kappa shape index (κ3) is 2.63. The van der Waals surface area contributed by atoms with Crippen molar-refractivity contribution in [1.29, 1.82) is 0 Å². The second-order valence-electron chi connectivity index (χ2n) is 5.80. The number of benzene rings is 1. The predicted octanol–water partition coefficient (Wildman–Crippen LogP) is 2.41. The van der Waals surface area contributed by atoms with Gasteiger partial charge in [0.25, 0.3) is 0 Å². The zero-order valence-electron chi connectivity index (χ0n) is 12.0. The van der Waals surface area contributed by atoms with Crippen LogP contribution in [0.15, 0.2) is 18.2 Å². The average Bonchev–Trinajstić information content (AvgIpc) is 2.46. The summed E-state index contributed by atoms with van der Waals surface area (Å²) in [6.07, 6.45) is 3.11. The Labute approximate surface area is 120 Å². The lowest BCUT2D eigenvalue weighted by molar-refractivity contribution is -0.0338. The van der Waals surface area contributed by atoms with Crippen molar-refractivity contribution in [3.63, 3.8) is 0 Å². The molecule has 4 heteroatoms. The fourth-order valence-corrected chi connectivity index (χ4v) is 3.12. The molecule has 110 valence electrons. The highest BCUT2D eigenvalue weighted by Crippen LogP contribution is 2.44. The molecule has 0 saturated carbocycles. The van der Waals surface area contributed by atoms with Crippen LogP contribution in [-0.4, -0.2) is 30.4 Å². The van der Waals surface area contributed by atoms with Crippen LogP contribution in [0.1, 0.15) is 44.3 Å². The van der Waals surface area contributed by atoms with Crippen LogP contribution in [0.25, 0.3) is 0 Å². The van der Waals surface area contributed by atoms with Crippen LogP contribution in [0.4, 0.5) is 0 Å². The van der Waals surface area contributed by atoms with Gasteiger partial charge in [0.1, 0.15) is 17.1 Å². The van der Waals surface area contributed by atoms with Crippen LogP contribution >= 0.6 is 0 Å². The van der Waals surface area contributed by atoms with Crippen LogP contribution in [-0.2, 0) is 0 Å². The number of ether oxygens (including phenoxy) is 2. The summed E-state index contributed by atoms with van der Waals surface area (Å²) in [6.45, 7) is 4.70. The Morgan fingerprint density at radius 2 is 2.20 bits per heavy atom. The molecule has 0 aliphatic carbocycles. The van der Waals surface area contributed by atoms with Crippen molar-refractivity contribution < 1.29 is 14.6 Å². The van der Waals surface area contributed by atoms with Gasteiger partial charge in [0.05, 0.1) is 12.7 Å². The molecule has 2 heterocycles. The third-order valence-electron chi connectivity index (χ3n) is 4.22. The Bertz CT molecular complexity index is 469.